The van der Waals surface area contributed by atoms with Crippen LogP contribution >= 0.6 is 0 Å². The quantitative estimate of drug-likeness (QED) is 0.452. The van der Waals surface area contributed by atoms with Crippen molar-refractivity contribution in [3.8, 4) is 5.75 Å². The first-order chi connectivity index (χ1) is 12.4. The first-order valence-corrected chi connectivity index (χ1v) is 7.30. The van der Waals surface area contributed by atoms with Gasteiger partial charge in [0.1, 0.15) is 11.4 Å². The highest BCUT2D eigenvalue weighted by molar-refractivity contribution is 5.99. The zero-order valence-corrected chi connectivity index (χ0v) is 13.9. The molecule has 0 amide bonds. The lowest BCUT2D eigenvalue weighted by Crippen LogP contribution is -2.12. The maximum absolute atomic E-state index is 12.0. The van der Waals surface area contributed by atoms with Crippen molar-refractivity contribution in [2.45, 2.75) is 6.54 Å². The Morgan fingerprint density at radius 2 is 1.81 bits per heavy atom. The Morgan fingerprint density at radius 1 is 1.12 bits per heavy atom. The molecule has 0 bridgehead atoms. The third-order valence-electron chi connectivity index (χ3n) is 3.56. The van der Waals surface area contributed by atoms with E-state index in [9.17, 15) is 25.0 Å². The van der Waals surface area contributed by atoms with Crippen LogP contribution < -0.4 is 10.1 Å². The molecule has 0 fully saturated rings. The molecule has 10 nitrogen and oxygen atoms in total. The summed E-state index contributed by atoms with van der Waals surface area (Å²) >= 11 is 0. The summed E-state index contributed by atoms with van der Waals surface area (Å²) in [5.41, 5.74) is -0.977. The van der Waals surface area contributed by atoms with Crippen LogP contribution in [-0.4, -0.2) is 30.0 Å². The van der Waals surface area contributed by atoms with Gasteiger partial charge in [-0.1, -0.05) is 18.2 Å². The molecule has 0 heterocycles. The van der Waals surface area contributed by atoms with Crippen LogP contribution in [0.4, 0.5) is 17.1 Å². The van der Waals surface area contributed by atoms with E-state index in [-0.39, 0.29) is 17.8 Å². The van der Waals surface area contributed by atoms with Crippen LogP contribution in [0.1, 0.15) is 15.9 Å². The minimum Gasteiger partial charge on any atom is -0.496 e. The molecule has 0 aliphatic carbocycles. The SMILES string of the molecule is COC(=O)c1cc([N+](=O)[O-])cc([N+](=O)[O-])c1NCc1ccccc1OC. The van der Waals surface area contributed by atoms with Gasteiger partial charge in [0.05, 0.1) is 35.7 Å². The topological polar surface area (TPSA) is 134 Å². The molecule has 1 N–H and O–H groups in total. The Morgan fingerprint density at radius 3 is 2.38 bits per heavy atom. The maximum Gasteiger partial charge on any atom is 0.340 e. The van der Waals surface area contributed by atoms with E-state index >= 15 is 0 Å². The number of hydrogen-bond acceptors (Lipinski definition) is 8. The lowest BCUT2D eigenvalue weighted by Gasteiger charge is -2.13. The van der Waals surface area contributed by atoms with Crippen LogP contribution in [0, 0.1) is 20.2 Å². The summed E-state index contributed by atoms with van der Waals surface area (Å²) in [4.78, 5) is 32.7. The number of nitro groups is 2. The fraction of sp³-hybridized carbons (Fsp3) is 0.188. The van der Waals surface area contributed by atoms with Crippen molar-refractivity contribution in [2.24, 2.45) is 0 Å². The van der Waals surface area contributed by atoms with E-state index in [1.807, 2.05) is 0 Å². The molecule has 0 atom stereocenters. The van der Waals surface area contributed by atoms with E-state index in [2.05, 4.69) is 10.1 Å². The van der Waals surface area contributed by atoms with Crippen molar-refractivity contribution in [2.75, 3.05) is 19.5 Å². The molecule has 10 heteroatoms. The summed E-state index contributed by atoms with van der Waals surface area (Å²) in [6.07, 6.45) is 0. The van der Waals surface area contributed by atoms with Gasteiger partial charge in [0.15, 0.2) is 0 Å². The number of nitrogens with zero attached hydrogens (tertiary/aromatic N) is 2. The second kappa shape index (κ2) is 7.92. The molecule has 0 spiro atoms. The number of carbonyl (C=O) groups excluding carboxylic acids is 1. The standard InChI is InChI=1S/C16H15N3O7/c1-25-14-6-4-3-5-10(14)9-17-15-12(16(20)26-2)7-11(18(21)22)8-13(15)19(23)24/h3-8,17H,9H2,1-2H3. The third kappa shape index (κ3) is 3.86. The molecule has 0 radical (unpaired) electrons. The fourth-order valence-electron chi connectivity index (χ4n) is 2.35. The van der Waals surface area contributed by atoms with Gasteiger partial charge in [0.25, 0.3) is 11.4 Å². The van der Waals surface area contributed by atoms with Gasteiger partial charge >= 0.3 is 5.97 Å². The van der Waals surface area contributed by atoms with Crippen LogP contribution in [0.3, 0.4) is 0 Å². The molecular formula is C16H15N3O7. The molecular weight excluding hydrogens is 346 g/mol. The van der Waals surface area contributed by atoms with Gasteiger partial charge < -0.3 is 14.8 Å². The molecule has 0 saturated carbocycles. The summed E-state index contributed by atoms with van der Waals surface area (Å²) in [5, 5.41) is 25.2. The zero-order chi connectivity index (χ0) is 19.3. The number of esters is 1. The van der Waals surface area contributed by atoms with Crippen LogP contribution in [0.2, 0.25) is 0 Å². The largest absolute Gasteiger partial charge is 0.496 e. The van der Waals surface area contributed by atoms with E-state index in [1.54, 1.807) is 24.3 Å². The normalized spacial score (nSPS) is 10.1. The summed E-state index contributed by atoms with van der Waals surface area (Å²) < 4.78 is 9.80. The number of non-ortho nitro benzene ring substituents is 1. The smallest absolute Gasteiger partial charge is 0.340 e. The molecule has 0 aliphatic rings. The Kier molecular flexibility index (Phi) is 5.68. The minimum absolute atomic E-state index is 0.0899. The van der Waals surface area contributed by atoms with E-state index in [0.29, 0.717) is 11.3 Å². The van der Waals surface area contributed by atoms with Crippen LogP contribution in [0.25, 0.3) is 0 Å². The summed E-state index contributed by atoms with van der Waals surface area (Å²) in [6.45, 7) is 0.0899. The number of methoxy groups -OCH3 is 2. The predicted molar refractivity (Wildman–Crippen MR) is 91.4 cm³/mol. The Balaban J connectivity index is 2.52. The molecule has 2 aromatic rings. The van der Waals surface area contributed by atoms with Crippen LogP contribution in [0.5, 0.6) is 5.75 Å². The van der Waals surface area contributed by atoms with Gasteiger partial charge in [-0.15, -0.1) is 0 Å². The highest BCUT2D eigenvalue weighted by Gasteiger charge is 2.28. The van der Waals surface area contributed by atoms with Crippen molar-refractivity contribution in [1.29, 1.82) is 0 Å². The number of benzene rings is 2. The van der Waals surface area contributed by atoms with Gasteiger partial charge in [0.2, 0.25) is 0 Å². The van der Waals surface area contributed by atoms with E-state index < -0.39 is 27.2 Å². The Bertz CT molecular complexity index is 867. The van der Waals surface area contributed by atoms with Crippen molar-refractivity contribution in [1.82, 2.24) is 0 Å². The molecule has 0 unspecified atom stereocenters. The molecule has 0 saturated heterocycles. The van der Waals surface area contributed by atoms with Gasteiger partial charge in [-0.2, -0.15) is 0 Å². The van der Waals surface area contributed by atoms with E-state index in [1.165, 1.54) is 7.11 Å². The predicted octanol–water partition coefficient (Wildman–Crippen LogP) is 2.91. The number of hydrogen-bond donors (Lipinski definition) is 1. The number of para-hydroxylation sites is 1. The molecule has 0 aliphatic heterocycles. The molecule has 2 rings (SSSR count). The van der Waals surface area contributed by atoms with E-state index in [0.717, 1.165) is 19.2 Å². The van der Waals surface area contributed by atoms with Gasteiger partial charge in [-0.25, -0.2) is 4.79 Å². The van der Waals surface area contributed by atoms with E-state index in [4.69, 9.17) is 4.74 Å². The minimum atomic E-state index is -0.931. The first kappa shape index (κ1) is 18.6. The molecule has 0 aromatic heterocycles. The second-order valence-electron chi connectivity index (χ2n) is 5.06. The average molecular weight is 361 g/mol. The number of nitrogens with one attached hydrogen (secondary N) is 1. The van der Waals surface area contributed by atoms with Gasteiger partial charge in [0, 0.05) is 18.2 Å². The lowest BCUT2D eigenvalue weighted by atomic mass is 10.1. The maximum atomic E-state index is 12.0. The molecule has 2 aromatic carbocycles. The van der Waals surface area contributed by atoms with Gasteiger partial charge in [-0.3, -0.25) is 20.2 Å². The van der Waals surface area contributed by atoms with Crippen molar-refractivity contribution >= 4 is 23.0 Å². The van der Waals surface area contributed by atoms with Crippen molar-refractivity contribution in [3.05, 3.63) is 67.8 Å². The zero-order valence-electron chi connectivity index (χ0n) is 13.9. The van der Waals surface area contributed by atoms with Gasteiger partial charge in [-0.05, 0) is 6.07 Å². The average Bonchev–Trinajstić information content (AvgIpc) is 2.64. The fourth-order valence-corrected chi connectivity index (χ4v) is 2.35. The second-order valence-corrected chi connectivity index (χ2v) is 5.06. The number of ether oxygens (including phenoxy) is 2. The number of rotatable bonds is 7. The van der Waals surface area contributed by atoms with Crippen LogP contribution in [0.15, 0.2) is 36.4 Å². The molecule has 136 valence electrons. The lowest BCUT2D eigenvalue weighted by molar-refractivity contribution is -0.393. The van der Waals surface area contributed by atoms with Crippen molar-refractivity contribution in [3.63, 3.8) is 0 Å². The summed E-state index contributed by atoms with van der Waals surface area (Å²) in [5.74, 6) is -0.386. The molecule has 26 heavy (non-hydrogen) atoms. The van der Waals surface area contributed by atoms with Crippen LogP contribution in [-0.2, 0) is 11.3 Å². The highest BCUT2D eigenvalue weighted by atomic mass is 16.6. The monoisotopic (exact) mass is 361 g/mol. The first-order valence-electron chi connectivity index (χ1n) is 7.30. The Hall–Kier alpha value is -3.69. The number of nitro benzene ring substituents is 2. The summed E-state index contributed by atoms with van der Waals surface area (Å²) in [6, 6.07) is 8.69. The number of carbonyl (C=O) groups is 1. The Labute approximate surface area is 147 Å². The third-order valence-corrected chi connectivity index (χ3v) is 3.56. The highest BCUT2D eigenvalue weighted by Crippen LogP contribution is 2.34. The number of anilines is 1. The summed E-state index contributed by atoms with van der Waals surface area (Å²) in [7, 11) is 2.56. The van der Waals surface area contributed by atoms with Crippen molar-refractivity contribution < 1.29 is 24.1 Å².